The van der Waals surface area contributed by atoms with Crippen LogP contribution in [0.4, 0.5) is 5.69 Å². The highest BCUT2D eigenvalue weighted by Crippen LogP contribution is 2.40. The lowest BCUT2D eigenvalue weighted by molar-refractivity contribution is -0.110. The maximum atomic E-state index is 12.6. The standard InChI is InChI=1S/C22H18N2O4/c1-24-14(8-11-19(24)22(26)27)12-17-20-16(4-3-5-18(20)23-21(17)25)13-6-9-15(28-2)10-7-13/h3-12H,1-2H3,(H,23,25)(H,26,27). The topological polar surface area (TPSA) is 80.6 Å². The van der Waals surface area contributed by atoms with Gasteiger partial charge >= 0.3 is 5.97 Å². The number of carbonyl (C=O) groups excluding carboxylic acids is 1. The third kappa shape index (κ3) is 2.85. The number of amides is 1. The molecule has 28 heavy (non-hydrogen) atoms. The molecule has 0 radical (unpaired) electrons. The fraction of sp³-hybridized carbons (Fsp3) is 0.0909. The summed E-state index contributed by atoms with van der Waals surface area (Å²) >= 11 is 0. The van der Waals surface area contributed by atoms with Crippen LogP contribution in [0.25, 0.3) is 22.8 Å². The first-order chi connectivity index (χ1) is 13.5. The minimum absolute atomic E-state index is 0.161. The number of hydrogen-bond acceptors (Lipinski definition) is 3. The molecule has 0 bridgehead atoms. The number of anilines is 1. The Bertz CT molecular complexity index is 1120. The van der Waals surface area contributed by atoms with Crippen LogP contribution >= 0.6 is 0 Å². The van der Waals surface area contributed by atoms with Gasteiger partial charge in [-0.15, -0.1) is 0 Å². The Morgan fingerprint density at radius 3 is 2.50 bits per heavy atom. The summed E-state index contributed by atoms with van der Waals surface area (Å²) in [7, 11) is 3.28. The number of carboxylic acids is 1. The van der Waals surface area contributed by atoms with E-state index in [1.165, 1.54) is 6.07 Å². The van der Waals surface area contributed by atoms with E-state index < -0.39 is 5.97 Å². The fourth-order valence-electron chi connectivity index (χ4n) is 3.43. The molecule has 0 spiro atoms. The van der Waals surface area contributed by atoms with Crippen molar-refractivity contribution < 1.29 is 19.4 Å². The molecule has 2 N–H and O–H groups in total. The number of benzene rings is 2. The first-order valence-corrected chi connectivity index (χ1v) is 8.69. The van der Waals surface area contributed by atoms with E-state index >= 15 is 0 Å². The molecule has 6 heteroatoms. The maximum Gasteiger partial charge on any atom is 0.352 e. The van der Waals surface area contributed by atoms with Gasteiger partial charge in [-0.25, -0.2) is 4.79 Å². The summed E-state index contributed by atoms with van der Waals surface area (Å²) in [6.07, 6.45) is 1.72. The van der Waals surface area contributed by atoms with Crippen LogP contribution in [-0.4, -0.2) is 28.7 Å². The second-order valence-electron chi connectivity index (χ2n) is 6.48. The Kier molecular flexibility index (Phi) is 4.24. The predicted octanol–water partition coefficient (Wildman–Crippen LogP) is 3.89. The molecule has 0 saturated heterocycles. The fourth-order valence-corrected chi connectivity index (χ4v) is 3.43. The smallest absolute Gasteiger partial charge is 0.352 e. The Morgan fingerprint density at radius 1 is 1.11 bits per heavy atom. The number of carboxylic acid groups (broad SMARTS) is 1. The highest BCUT2D eigenvalue weighted by molar-refractivity contribution is 6.36. The van der Waals surface area contributed by atoms with E-state index in [1.807, 2.05) is 42.5 Å². The van der Waals surface area contributed by atoms with Crippen molar-refractivity contribution in [2.75, 3.05) is 12.4 Å². The molecular formula is C22H18N2O4. The van der Waals surface area contributed by atoms with Crippen LogP contribution in [0.1, 0.15) is 21.7 Å². The normalized spacial score (nSPS) is 14.1. The number of fused-ring (bicyclic) bond motifs is 1. The molecule has 0 saturated carbocycles. The van der Waals surface area contributed by atoms with Gasteiger partial charge in [0.25, 0.3) is 5.91 Å². The number of carbonyl (C=O) groups is 2. The number of rotatable bonds is 4. The second kappa shape index (κ2) is 6.74. The van der Waals surface area contributed by atoms with Crippen molar-refractivity contribution in [3.63, 3.8) is 0 Å². The van der Waals surface area contributed by atoms with E-state index in [-0.39, 0.29) is 11.6 Å². The van der Waals surface area contributed by atoms with Crippen LogP contribution in [0, 0.1) is 0 Å². The highest BCUT2D eigenvalue weighted by Gasteiger charge is 2.27. The maximum absolute atomic E-state index is 12.6. The zero-order valence-corrected chi connectivity index (χ0v) is 15.4. The van der Waals surface area contributed by atoms with Crippen LogP contribution in [0.2, 0.25) is 0 Å². The lowest BCUT2D eigenvalue weighted by atomic mass is 9.94. The Morgan fingerprint density at radius 2 is 1.86 bits per heavy atom. The van der Waals surface area contributed by atoms with Crippen LogP contribution in [-0.2, 0) is 11.8 Å². The summed E-state index contributed by atoms with van der Waals surface area (Å²) in [5, 5.41) is 12.1. The van der Waals surface area contributed by atoms with Gasteiger partial charge in [-0.3, -0.25) is 4.79 Å². The predicted molar refractivity (Wildman–Crippen MR) is 107 cm³/mol. The van der Waals surface area contributed by atoms with Crippen LogP contribution in [0.5, 0.6) is 5.75 Å². The Labute approximate surface area is 161 Å². The molecule has 140 valence electrons. The molecule has 0 fully saturated rings. The van der Waals surface area contributed by atoms with E-state index in [2.05, 4.69) is 5.32 Å². The SMILES string of the molecule is COc1ccc(-c2cccc3c2C(=Cc2ccc(C(=O)O)n2C)C(=O)N3)cc1. The van der Waals surface area contributed by atoms with Gasteiger partial charge < -0.3 is 19.7 Å². The number of nitrogens with zero attached hydrogens (tertiary/aromatic N) is 1. The summed E-state index contributed by atoms with van der Waals surface area (Å²) in [4.78, 5) is 23.9. The van der Waals surface area contributed by atoms with Crippen LogP contribution in [0.15, 0.2) is 54.6 Å². The van der Waals surface area contributed by atoms with Gasteiger partial charge in [0.1, 0.15) is 11.4 Å². The van der Waals surface area contributed by atoms with Crippen LogP contribution < -0.4 is 10.1 Å². The summed E-state index contributed by atoms with van der Waals surface area (Å²) in [6, 6.07) is 16.6. The largest absolute Gasteiger partial charge is 0.497 e. The number of hydrogen-bond donors (Lipinski definition) is 2. The molecule has 1 aliphatic rings. The third-order valence-corrected chi connectivity index (χ3v) is 4.90. The van der Waals surface area contributed by atoms with Crippen molar-refractivity contribution >= 4 is 29.2 Å². The molecular weight excluding hydrogens is 356 g/mol. The molecule has 2 heterocycles. The van der Waals surface area contributed by atoms with E-state index in [1.54, 1.807) is 30.9 Å². The first kappa shape index (κ1) is 17.6. The van der Waals surface area contributed by atoms with Gasteiger partial charge in [-0.1, -0.05) is 24.3 Å². The lowest BCUT2D eigenvalue weighted by Crippen LogP contribution is -2.06. The van der Waals surface area contributed by atoms with Gasteiger partial charge in [-0.2, -0.15) is 0 Å². The van der Waals surface area contributed by atoms with Crippen molar-refractivity contribution in [2.45, 2.75) is 0 Å². The molecule has 1 aliphatic heterocycles. The van der Waals surface area contributed by atoms with Crippen molar-refractivity contribution in [1.29, 1.82) is 0 Å². The number of ether oxygens (including phenoxy) is 1. The van der Waals surface area contributed by atoms with Gasteiger partial charge in [-0.05, 0) is 47.5 Å². The highest BCUT2D eigenvalue weighted by atomic mass is 16.5. The van der Waals surface area contributed by atoms with Gasteiger partial charge in [0, 0.05) is 24.0 Å². The zero-order valence-electron chi connectivity index (χ0n) is 15.4. The Balaban J connectivity index is 1.85. The molecule has 0 aliphatic carbocycles. The molecule has 0 unspecified atom stereocenters. The monoisotopic (exact) mass is 374 g/mol. The number of methoxy groups -OCH3 is 1. The van der Waals surface area contributed by atoms with E-state index in [9.17, 15) is 14.7 Å². The average molecular weight is 374 g/mol. The van der Waals surface area contributed by atoms with Gasteiger partial charge in [0.05, 0.1) is 12.7 Å². The lowest BCUT2D eigenvalue weighted by Gasteiger charge is -2.10. The third-order valence-electron chi connectivity index (χ3n) is 4.90. The molecule has 2 aromatic carbocycles. The molecule has 6 nitrogen and oxygen atoms in total. The number of nitrogens with one attached hydrogen (secondary N) is 1. The van der Waals surface area contributed by atoms with Gasteiger partial charge in [0.2, 0.25) is 0 Å². The average Bonchev–Trinajstić information content (AvgIpc) is 3.22. The van der Waals surface area contributed by atoms with Crippen molar-refractivity contribution in [3.05, 3.63) is 71.5 Å². The quantitative estimate of drug-likeness (QED) is 0.679. The van der Waals surface area contributed by atoms with Crippen molar-refractivity contribution in [1.82, 2.24) is 4.57 Å². The minimum atomic E-state index is -1.01. The summed E-state index contributed by atoms with van der Waals surface area (Å²) < 4.78 is 6.77. The van der Waals surface area contributed by atoms with Crippen molar-refractivity contribution in [3.8, 4) is 16.9 Å². The van der Waals surface area contributed by atoms with E-state index in [4.69, 9.17) is 4.74 Å². The number of aromatic carboxylic acids is 1. The van der Waals surface area contributed by atoms with E-state index in [0.29, 0.717) is 11.3 Å². The summed E-state index contributed by atoms with van der Waals surface area (Å²) in [5.74, 6) is -0.470. The minimum Gasteiger partial charge on any atom is -0.497 e. The molecule has 0 atom stereocenters. The van der Waals surface area contributed by atoms with Crippen molar-refractivity contribution in [2.24, 2.45) is 7.05 Å². The number of aromatic nitrogens is 1. The summed E-state index contributed by atoms with van der Waals surface area (Å²) in [5.41, 5.74) is 4.71. The molecule has 1 amide bonds. The molecule has 3 aromatic rings. The van der Waals surface area contributed by atoms with Gasteiger partial charge in [0.15, 0.2) is 0 Å². The summed E-state index contributed by atoms with van der Waals surface area (Å²) in [6.45, 7) is 0. The zero-order chi connectivity index (χ0) is 19.8. The Hall–Kier alpha value is -3.80. The molecule has 4 rings (SSSR count). The van der Waals surface area contributed by atoms with E-state index in [0.717, 1.165) is 28.1 Å². The molecule has 1 aromatic heterocycles. The second-order valence-corrected chi connectivity index (χ2v) is 6.48. The van der Waals surface area contributed by atoms with Crippen LogP contribution in [0.3, 0.4) is 0 Å². The first-order valence-electron chi connectivity index (χ1n) is 8.69.